The van der Waals surface area contributed by atoms with Crippen LogP contribution in [-0.2, 0) is 11.0 Å². The van der Waals surface area contributed by atoms with Gasteiger partial charge >= 0.3 is 6.18 Å². The van der Waals surface area contributed by atoms with Crippen LogP contribution in [-0.4, -0.2) is 49.3 Å². The molecule has 2 saturated heterocycles. The molecule has 0 aromatic heterocycles. The summed E-state index contributed by atoms with van der Waals surface area (Å²) in [5, 5.41) is 1.59. The third-order valence-electron chi connectivity index (χ3n) is 4.52. The first-order chi connectivity index (χ1) is 12.1. The highest BCUT2D eigenvalue weighted by molar-refractivity contribution is 8.18. The molecule has 1 aromatic carbocycles. The van der Waals surface area contributed by atoms with Crippen LogP contribution < -0.4 is 10.2 Å². The van der Waals surface area contributed by atoms with E-state index in [4.69, 9.17) is 0 Å². The zero-order chi connectivity index (χ0) is 19.1. The minimum absolute atomic E-state index is 0.0962. The molecule has 0 aliphatic carbocycles. The number of hydrogen-bond donors (Lipinski definition) is 1. The number of hydrogen-bond acceptors (Lipinski definition) is 5. The topological polar surface area (TPSA) is 52.6 Å². The second-order valence-electron chi connectivity index (χ2n) is 6.48. The van der Waals surface area contributed by atoms with Crippen LogP contribution in [0.2, 0.25) is 0 Å². The molecule has 2 fully saturated rings. The lowest BCUT2D eigenvalue weighted by Gasteiger charge is -2.24. The first kappa shape index (κ1) is 18.8. The summed E-state index contributed by atoms with van der Waals surface area (Å²) in [6, 6.07) is 3.82. The molecular weight excluding hydrogens is 367 g/mol. The Morgan fingerprint density at radius 3 is 2.58 bits per heavy atom. The van der Waals surface area contributed by atoms with E-state index in [1.807, 2.05) is 19.0 Å². The quantitative estimate of drug-likeness (QED) is 0.810. The Kier molecular flexibility index (Phi) is 5.03. The van der Waals surface area contributed by atoms with Gasteiger partial charge in [-0.3, -0.25) is 14.9 Å². The van der Waals surface area contributed by atoms with E-state index in [1.165, 1.54) is 12.1 Å². The number of anilines is 1. The van der Waals surface area contributed by atoms with Crippen molar-refractivity contribution in [2.75, 3.05) is 32.1 Å². The molecule has 0 radical (unpaired) electrons. The number of carbonyl (C=O) groups is 2. The molecule has 0 saturated carbocycles. The third-order valence-corrected chi connectivity index (χ3v) is 5.33. The molecule has 1 atom stereocenters. The van der Waals surface area contributed by atoms with Crippen LogP contribution in [0.3, 0.4) is 0 Å². The van der Waals surface area contributed by atoms with E-state index in [0.29, 0.717) is 36.6 Å². The van der Waals surface area contributed by atoms with Crippen molar-refractivity contribution < 1.29 is 22.8 Å². The van der Waals surface area contributed by atoms with Crippen molar-refractivity contribution in [3.63, 3.8) is 0 Å². The van der Waals surface area contributed by atoms with Gasteiger partial charge < -0.3 is 9.80 Å². The number of halogens is 3. The normalized spacial score (nSPS) is 22.6. The van der Waals surface area contributed by atoms with Crippen LogP contribution in [0.15, 0.2) is 23.1 Å². The molecule has 26 heavy (non-hydrogen) atoms. The molecule has 140 valence electrons. The number of carbonyl (C=O) groups excluding carboxylic acids is 2. The molecular formula is C17H18F3N3O2S. The van der Waals surface area contributed by atoms with Gasteiger partial charge in [0.2, 0.25) is 0 Å². The Hall–Kier alpha value is -2.00. The second-order valence-corrected chi connectivity index (χ2v) is 7.49. The Bertz CT molecular complexity index is 777. The van der Waals surface area contributed by atoms with Gasteiger partial charge in [-0.25, -0.2) is 0 Å². The molecule has 2 heterocycles. The number of thioether (sulfide) groups is 1. The number of likely N-dealkylation sites (N-methyl/N-ethyl adjacent to an activating group) is 1. The van der Waals surface area contributed by atoms with Gasteiger partial charge in [0.1, 0.15) is 0 Å². The van der Waals surface area contributed by atoms with Crippen LogP contribution in [0.1, 0.15) is 17.5 Å². The van der Waals surface area contributed by atoms with Gasteiger partial charge in [-0.05, 0) is 62.1 Å². The van der Waals surface area contributed by atoms with Gasteiger partial charge in [-0.1, -0.05) is 0 Å². The van der Waals surface area contributed by atoms with Gasteiger partial charge in [0.25, 0.3) is 11.1 Å². The largest absolute Gasteiger partial charge is 0.416 e. The summed E-state index contributed by atoms with van der Waals surface area (Å²) in [6.07, 6.45) is -2.22. The summed E-state index contributed by atoms with van der Waals surface area (Å²) in [5.41, 5.74) is 0.125. The molecule has 0 spiro atoms. The highest BCUT2D eigenvalue weighted by atomic mass is 32.2. The van der Waals surface area contributed by atoms with E-state index < -0.39 is 22.9 Å². The van der Waals surface area contributed by atoms with Crippen molar-refractivity contribution in [3.05, 3.63) is 34.2 Å². The second kappa shape index (κ2) is 6.96. The van der Waals surface area contributed by atoms with Crippen molar-refractivity contribution in [1.29, 1.82) is 0 Å². The SMILES string of the molecule is CN(C)C1CCN(c2ccc(C(F)(F)F)cc2C=C2SC(=O)NC2=O)C1. The number of rotatable bonds is 3. The maximum absolute atomic E-state index is 13.1. The zero-order valence-electron chi connectivity index (χ0n) is 14.3. The molecule has 5 nitrogen and oxygen atoms in total. The predicted molar refractivity (Wildman–Crippen MR) is 94.9 cm³/mol. The monoisotopic (exact) mass is 385 g/mol. The number of benzene rings is 1. The Morgan fingerprint density at radius 2 is 2.04 bits per heavy atom. The van der Waals surface area contributed by atoms with Gasteiger partial charge in [-0.15, -0.1) is 0 Å². The summed E-state index contributed by atoms with van der Waals surface area (Å²) in [6.45, 7) is 1.40. The highest BCUT2D eigenvalue weighted by Gasteiger charge is 2.33. The van der Waals surface area contributed by atoms with E-state index in [1.54, 1.807) is 0 Å². The summed E-state index contributed by atoms with van der Waals surface area (Å²) in [4.78, 5) is 27.3. The molecule has 9 heteroatoms. The lowest BCUT2D eigenvalue weighted by Crippen LogP contribution is -2.31. The zero-order valence-corrected chi connectivity index (χ0v) is 15.1. The van der Waals surface area contributed by atoms with Gasteiger partial charge in [0, 0.05) is 24.8 Å². The Labute approximate surface area is 153 Å². The summed E-state index contributed by atoms with van der Waals surface area (Å²) in [7, 11) is 3.93. The number of amides is 2. The molecule has 1 aromatic rings. The summed E-state index contributed by atoms with van der Waals surface area (Å²) >= 11 is 0.692. The lowest BCUT2D eigenvalue weighted by atomic mass is 10.1. The van der Waals surface area contributed by atoms with Gasteiger partial charge in [-0.2, -0.15) is 13.2 Å². The van der Waals surface area contributed by atoms with Crippen LogP contribution in [0, 0.1) is 0 Å². The average molecular weight is 385 g/mol. The van der Waals surface area contributed by atoms with E-state index in [0.717, 1.165) is 18.6 Å². The van der Waals surface area contributed by atoms with Crippen molar-refractivity contribution in [3.8, 4) is 0 Å². The Balaban J connectivity index is 2.00. The lowest BCUT2D eigenvalue weighted by molar-refractivity contribution is -0.137. The first-order valence-electron chi connectivity index (χ1n) is 8.02. The first-order valence-corrected chi connectivity index (χ1v) is 8.84. The molecule has 2 aliphatic rings. The molecule has 2 aliphatic heterocycles. The standard InChI is InChI=1S/C17H18F3N3O2S/c1-22(2)12-5-6-23(9-12)13-4-3-11(17(18,19)20)7-10(13)8-14-15(24)21-16(25)26-14/h3-4,7-8,12H,5-6,9H2,1-2H3,(H,21,24,25). The van der Waals surface area contributed by atoms with E-state index in [9.17, 15) is 22.8 Å². The van der Waals surface area contributed by atoms with Crippen LogP contribution in [0.25, 0.3) is 6.08 Å². The summed E-state index contributed by atoms with van der Waals surface area (Å²) < 4.78 is 39.4. The molecule has 1 N–H and O–H groups in total. The number of nitrogens with one attached hydrogen (secondary N) is 1. The fourth-order valence-corrected chi connectivity index (χ4v) is 3.75. The van der Waals surface area contributed by atoms with Crippen molar-refractivity contribution >= 4 is 34.7 Å². The fraction of sp³-hybridized carbons (Fsp3) is 0.412. The number of alkyl halides is 3. The molecule has 1 unspecified atom stereocenters. The number of nitrogens with zero attached hydrogens (tertiary/aromatic N) is 2. The fourth-order valence-electron chi connectivity index (χ4n) is 3.08. The molecule has 2 amide bonds. The molecule has 3 rings (SSSR count). The minimum Gasteiger partial charge on any atom is -0.369 e. The van der Waals surface area contributed by atoms with Gasteiger partial charge in [0.15, 0.2) is 0 Å². The van der Waals surface area contributed by atoms with Gasteiger partial charge in [0.05, 0.1) is 10.5 Å². The van der Waals surface area contributed by atoms with Crippen molar-refractivity contribution in [1.82, 2.24) is 10.2 Å². The Morgan fingerprint density at radius 1 is 1.31 bits per heavy atom. The maximum Gasteiger partial charge on any atom is 0.416 e. The average Bonchev–Trinajstić information content (AvgIpc) is 3.14. The highest BCUT2D eigenvalue weighted by Crippen LogP contribution is 2.36. The van der Waals surface area contributed by atoms with Crippen LogP contribution in [0.5, 0.6) is 0 Å². The maximum atomic E-state index is 13.1. The van der Waals surface area contributed by atoms with E-state index >= 15 is 0 Å². The third kappa shape index (κ3) is 3.88. The number of imide groups is 1. The van der Waals surface area contributed by atoms with Crippen LogP contribution in [0.4, 0.5) is 23.7 Å². The van der Waals surface area contributed by atoms with E-state index in [-0.39, 0.29) is 10.5 Å². The van der Waals surface area contributed by atoms with Crippen molar-refractivity contribution in [2.45, 2.75) is 18.6 Å². The molecule has 0 bridgehead atoms. The predicted octanol–water partition coefficient (Wildman–Crippen LogP) is 3.17. The summed E-state index contributed by atoms with van der Waals surface area (Å²) in [5.74, 6) is -0.587. The smallest absolute Gasteiger partial charge is 0.369 e. The minimum atomic E-state index is -4.48. The van der Waals surface area contributed by atoms with Crippen LogP contribution >= 0.6 is 11.8 Å². The van der Waals surface area contributed by atoms with E-state index in [2.05, 4.69) is 10.2 Å². The van der Waals surface area contributed by atoms with Crippen molar-refractivity contribution in [2.24, 2.45) is 0 Å².